The van der Waals surface area contributed by atoms with Crippen LogP contribution in [0, 0.1) is 0 Å². The van der Waals surface area contributed by atoms with Gasteiger partial charge in [-0.25, -0.2) is 0 Å². The minimum Gasteiger partial charge on any atom is -0.292 e. The minimum atomic E-state index is 0.475. The van der Waals surface area contributed by atoms with Crippen LogP contribution < -0.4 is 0 Å². The highest BCUT2D eigenvalue weighted by Gasteiger charge is 2.25. The van der Waals surface area contributed by atoms with E-state index in [9.17, 15) is 0 Å². The van der Waals surface area contributed by atoms with Crippen LogP contribution in [0.15, 0.2) is 66.9 Å². The van der Waals surface area contributed by atoms with E-state index in [1.807, 2.05) is 12.3 Å². The molecule has 1 atom stereocenters. The summed E-state index contributed by atoms with van der Waals surface area (Å²) in [5.74, 6) is 0. The standard InChI is InChI=1S/C21H22N2/c1-2-8-17(9-3-1)16-23-15-5-4-13-20(23)19-12-6-10-18-11-7-14-22-21(18)19/h1-3,6-12,14,20H,4-5,13,15-16H2. The molecule has 2 heteroatoms. The van der Waals surface area contributed by atoms with Gasteiger partial charge in [0, 0.05) is 24.2 Å². The maximum Gasteiger partial charge on any atom is 0.0749 e. The van der Waals surface area contributed by atoms with Crippen molar-refractivity contribution >= 4 is 10.9 Å². The largest absolute Gasteiger partial charge is 0.292 e. The highest BCUT2D eigenvalue weighted by atomic mass is 15.2. The SMILES string of the molecule is c1ccc(CN2CCCCC2c2cccc3cccnc23)cc1. The van der Waals surface area contributed by atoms with E-state index in [1.54, 1.807) is 0 Å². The Balaban J connectivity index is 1.69. The Morgan fingerprint density at radius 3 is 2.70 bits per heavy atom. The first-order chi connectivity index (χ1) is 11.4. The van der Waals surface area contributed by atoms with Gasteiger partial charge in [-0.05, 0) is 36.6 Å². The molecule has 0 aliphatic carbocycles. The van der Waals surface area contributed by atoms with Crippen LogP contribution in [-0.4, -0.2) is 16.4 Å². The van der Waals surface area contributed by atoms with E-state index in [0.717, 1.165) is 6.54 Å². The zero-order valence-corrected chi connectivity index (χ0v) is 13.4. The number of likely N-dealkylation sites (tertiary alicyclic amines) is 1. The van der Waals surface area contributed by atoms with Crippen LogP contribution in [0.1, 0.15) is 36.4 Å². The molecule has 1 aliphatic heterocycles. The summed E-state index contributed by atoms with van der Waals surface area (Å²) in [6.07, 6.45) is 5.74. The molecule has 1 unspecified atom stereocenters. The number of hydrogen-bond acceptors (Lipinski definition) is 2. The third-order valence-electron chi connectivity index (χ3n) is 4.87. The lowest BCUT2D eigenvalue weighted by Gasteiger charge is -2.36. The van der Waals surface area contributed by atoms with Crippen molar-refractivity contribution in [2.45, 2.75) is 31.8 Å². The van der Waals surface area contributed by atoms with E-state index in [0.29, 0.717) is 6.04 Å². The molecule has 0 spiro atoms. The first kappa shape index (κ1) is 14.4. The van der Waals surface area contributed by atoms with Gasteiger partial charge in [0.15, 0.2) is 0 Å². The molecule has 116 valence electrons. The molecule has 4 rings (SSSR count). The van der Waals surface area contributed by atoms with Gasteiger partial charge in [-0.3, -0.25) is 9.88 Å². The van der Waals surface area contributed by atoms with E-state index in [4.69, 9.17) is 0 Å². The molecule has 3 aromatic rings. The van der Waals surface area contributed by atoms with Crippen LogP contribution in [0.3, 0.4) is 0 Å². The molecule has 0 N–H and O–H groups in total. The molecular weight excluding hydrogens is 280 g/mol. The summed E-state index contributed by atoms with van der Waals surface area (Å²) in [6, 6.07) is 22.1. The average Bonchev–Trinajstić information content (AvgIpc) is 2.63. The van der Waals surface area contributed by atoms with Gasteiger partial charge in [0.2, 0.25) is 0 Å². The van der Waals surface area contributed by atoms with Crippen molar-refractivity contribution in [2.75, 3.05) is 6.54 Å². The Bertz CT molecular complexity index is 777. The number of para-hydroxylation sites is 1. The smallest absolute Gasteiger partial charge is 0.0749 e. The zero-order chi connectivity index (χ0) is 15.5. The lowest BCUT2D eigenvalue weighted by Crippen LogP contribution is -2.33. The number of pyridine rings is 1. The van der Waals surface area contributed by atoms with Crippen LogP contribution in [0.25, 0.3) is 10.9 Å². The molecular formula is C21H22N2. The Labute approximate surface area is 137 Å². The highest BCUT2D eigenvalue weighted by molar-refractivity contribution is 5.82. The van der Waals surface area contributed by atoms with Crippen LogP contribution in [-0.2, 0) is 6.54 Å². The van der Waals surface area contributed by atoms with E-state index in [1.165, 1.54) is 47.8 Å². The first-order valence-corrected chi connectivity index (χ1v) is 8.53. The average molecular weight is 302 g/mol. The van der Waals surface area contributed by atoms with Gasteiger partial charge < -0.3 is 0 Å². The van der Waals surface area contributed by atoms with Crippen molar-refractivity contribution in [3.05, 3.63) is 78.0 Å². The van der Waals surface area contributed by atoms with Gasteiger partial charge in [-0.2, -0.15) is 0 Å². The minimum absolute atomic E-state index is 0.475. The van der Waals surface area contributed by atoms with Gasteiger partial charge >= 0.3 is 0 Å². The number of rotatable bonds is 3. The second-order valence-electron chi connectivity index (χ2n) is 6.39. The molecule has 0 amide bonds. The molecule has 0 bridgehead atoms. The summed E-state index contributed by atoms with van der Waals surface area (Å²) in [6.45, 7) is 2.19. The lowest BCUT2D eigenvalue weighted by molar-refractivity contribution is 0.141. The summed E-state index contributed by atoms with van der Waals surface area (Å²) < 4.78 is 0. The molecule has 0 saturated carbocycles. The fourth-order valence-corrected chi connectivity index (χ4v) is 3.75. The van der Waals surface area contributed by atoms with Crippen molar-refractivity contribution in [3.63, 3.8) is 0 Å². The van der Waals surface area contributed by atoms with Crippen LogP contribution in [0.2, 0.25) is 0 Å². The topological polar surface area (TPSA) is 16.1 Å². The number of aromatic nitrogens is 1. The van der Waals surface area contributed by atoms with Gasteiger partial charge in [0.05, 0.1) is 5.52 Å². The van der Waals surface area contributed by atoms with Crippen molar-refractivity contribution < 1.29 is 0 Å². The molecule has 1 fully saturated rings. The summed E-state index contributed by atoms with van der Waals surface area (Å²) in [4.78, 5) is 7.30. The van der Waals surface area contributed by atoms with Gasteiger partial charge in [0.25, 0.3) is 0 Å². The van der Waals surface area contributed by atoms with E-state index in [-0.39, 0.29) is 0 Å². The van der Waals surface area contributed by atoms with E-state index < -0.39 is 0 Å². The maximum atomic E-state index is 4.67. The highest BCUT2D eigenvalue weighted by Crippen LogP contribution is 2.35. The molecule has 1 aromatic heterocycles. The van der Waals surface area contributed by atoms with Crippen molar-refractivity contribution in [1.82, 2.24) is 9.88 Å². The Morgan fingerprint density at radius 2 is 1.78 bits per heavy atom. The number of piperidine rings is 1. The quantitative estimate of drug-likeness (QED) is 0.679. The molecule has 2 aromatic carbocycles. The van der Waals surface area contributed by atoms with Crippen LogP contribution in [0.4, 0.5) is 0 Å². The molecule has 23 heavy (non-hydrogen) atoms. The third-order valence-corrected chi connectivity index (χ3v) is 4.87. The third kappa shape index (κ3) is 2.99. The van der Waals surface area contributed by atoms with Gasteiger partial charge in [0.1, 0.15) is 0 Å². The lowest BCUT2D eigenvalue weighted by atomic mass is 9.93. The summed E-state index contributed by atoms with van der Waals surface area (Å²) in [5.41, 5.74) is 3.95. The molecule has 2 heterocycles. The summed E-state index contributed by atoms with van der Waals surface area (Å²) in [7, 11) is 0. The second-order valence-corrected chi connectivity index (χ2v) is 6.39. The Kier molecular flexibility index (Phi) is 4.08. The summed E-state index contributed by atoms with van der Waals surface area (Å²) >= 11 is 0. The van der Waals surface area contributed by atoms with E-state index in [2.05, 4.69) is 64.5 Å². The molecule has 1 aliphatic rings. The number of nitrogens with zero attached hydrogens (tertiary/aromatic N) is 2. The van der Waals surface area contributed by atoms with Crippen molar-refractivity contribution in [3.8, 4) is 0 Å². The van der Waals surface area contributed by atoms with Crippen LogP contribution >= 0.6 is 0 Å². The number of fused-ring (bicyclic) bond motifs is 1. The van der Waals surface area contributed by atoms with Gasteiger partial charge in [-0.15, -0.1) is 0 Å². The van der Waals surface area contributed by atoms with Crippen molar-refractivity contribution in [2.24, 2.45) is 0 Å². The Morgan fingerprint density at radius 1 is 0.913 bits per heavy atom. The number of hydrogen-bond donors (Lipinski definition) is 0. The van der Waals surface area contributed by atoms with Crippen LogP contribution in [0.5, 0.6) is 0 Å². The normalized spacial score (nSPS) is 19.0. The predicted molar refractivity (Wildman–Crippen MR) is 95.2 cm³/mol. The fourth-order valence-electron chi connectivity index (χ4n) is 3.75. The molecule has 2 nitrogen and oxygen atoms in total. The summed E-state index contributed by atoms with van der Waals surface area (Å²) in [5, 5.41) is 1.25. The second kappa shape index (κ2) is 6.51. The maximum absolute atomic E-state index is 4.67. The zero-order valence-electron chi connectivity index (χ0n) is 13.4. The number of benzene rings is 2. The van der Waals surface area contributed by atoms with Crippen molar-refractivity contribution in [1.29, 1.82) is 0 Å². The van der Waals surface area contributed by atoms with E-state index >= 15 is 0 Å². The van der Waals surface area contributed by atoms with Gasteiger partial charge in [-0.1, -0.05) is 61.0 Å². The Hall–Kier alpha value is -2.19. The fraction of sp³-hybridized carbons (Fsp3) is 0.286. The predicted octanol–water partition coefficient (Wildman–Crippen LogP) is 4.96. The molecule has 0 radical (unpaired) electrons. The molecule has 1 saturated heterocycles. The first-order valence-electron chi connectivity index (χ1n) is 8.53. The monoisotopic (exact) mass is 302 g/mol.